The first-order valence-electron chi connectivity index (χ1n) is 25.9. The molecule has 2 heteroatoms. The molecule has 0 unspecified atom stereocenters. The summed E-state index contributed by atoms with van der Waals surface area (Å²) in [6.07, 6.45) is 14.1. The maximum Gasteiger partial charge on any atom is 0.0449 e. The highest BCUT2D eigenvalue weighted by Gasteiger charge is 2.44. The Kier molecular flexibility index (Phi) is 11.5. The fourth-order valence-corrected chi connectivity index (χ4v) is 14.8. The van der Waals surface area contributed by atoms with E-state index in [1.165, 1.54) is 136 Å². The van der Waals surface area contributed by atoms with Gasteiger partial charge in [-0.3, -0.25) is 0 Å². The first-order valence-corrected chi connectivity index (χ1v) is 27.6. The Bertz CT molecular complexity index is 3760. The van der Waals surface area contributed by atoms with Crippen LogP contribution in [0.15, 0.2) is 184 Å². The normalized spacial score (nSPS) is 16.3. The minimum Gasteiger partial charge on any atom is -0.134 e. The third-order valence-corrected chi connectivity index (χ3v) is 19.3. The third kappa shape index (κ3) is 7.26. The molecule has 12 rings (SSSR count). The van der Waals surface area contributed by atoms with E-state index in [0.29, 0.717) is 0 Å². The molecule has 0 N–H and O–H groups in total. The van der Waals surface area contributed by atoms with E-state index >= 15 is 0 Å². The first kappa shape index (κ1) is 48.4. The Morgan fingerprint density at radius 1 is 0.370 bits per heavy atom. The van der Waals surface area contributed by atoms with Crippen molar-refractivity contribution < 1.29 is 0 Å². The van der Waals surface area contributed by atoms with Crippen molar-refractivity contribution in [3.63, 3.8) is 0 Å². The lowest BCUT2D eigenvalue weighted by Gasteiger charge is -2.26. The Balaban J connectivity index is 0.00000187. The summed E-state index contributed by atoms with van der Waals surface area (Å²) in [5.41, 5.74) is 29.1. The van der Waals surface area contributed by atoms with Gasteiger partial charge >= 0.3 is 0 Å². The van der Waals surface area contributed by atoms with Crippen LogP contribution < -0.4 is 0 Å². The van der Waals surface area contributed by atoms with Crippen molar-refractivity contribution in [1.82, 2.24) is 0 Å². The quantitative estimate of drug-likeness (QED) is 0.105. The number of thiophene rings is 2. The fourth-order valence-electron chi connectivity index (χ4n) is 12.7. The molecule has 0 saturated carbocycles. The van der Waals surface area contributed by atoms with Gasteiger partial charge in [0.05, 0.1) is 0 Å². The zero-order valence-electron chi connectivity index (χ0n) is 44.5. The van der Waals surface area contributed by atoms with Crippen molar-refractivity contribution in [3.8, 4) is 75.1 Å². The Labute approximate surface area is 443 Å². The van der Waals surface area contributed by atoms with Crippen LogP contribution in [0.4, 0.5) is 0 Å². The third-order valence-electron chi connectivity index (χ3n) is 16.9. The van der Waals surface area contributed by atoms with Gasteiger partial charge in [0, 0.05) is 41.2 Å². The Morgan fingerprint density at radius 3 is 1.05 bits per heavy atom. The van der Waals surface area contributed by atoms with Gasteiger partial charge in [-0.25, -0.2) is 0 Å². The fraction of sp³-hybridized carbons (Fsp3) is 0.211. The molecule has 0 fully saturated rings. The molecular weight excluding hydrogens is 917 g/mol. The van der Waals surface area contributed by atoms with Crippen LogP contribution in [0.25, 0.3) is 86.3 Å². The van der Waals surface area contributed by atoms with Gasteiger partial charge in [0.15, 0.2) is 0 Å². The highest BCUT2D eigenvalue weighted by Crippen LogP contribution is 2.59. The van der Waals surface area contributed by atoms with Crippen molar-refractivity contribution in [2.24, 2.45) is 0 Å². The highest BCUT2D eigenvalue weighted by atomic mass is 32.1. The van der Waals surface area contributed by atoms with Crippen molar-refractivity contribution in [2.75, 3.05) is 0 Å². The van der Waals surface area contributed by atoms with Gasteiger partial charge in [0.25, 0.3) is 0 Å². The molecule has 0 spiro atoms. The van der Waals surface area contributed by atoms with E-state index in [1.54, 1.807) is 6.08 Å². The first-order chi connectivity index (χ1) is 34.9. The van der Waals surface area contributed by atoms with Crippen molar-refractivity contribution in [3.05, 3.63) is 239 Å². The Hall–Kier alpha value is -6.84. The van der Waals surface area contributed by atoms with E-state index in [9.17, 15) is 0 Å². The van der Waals surface area contributed by atoms with Gasteiger partial charge < -0.3 is 0 Å². The number of benzene rings is 6. The number of rotatable bonds is 8. The van der Waals surface area contributed by atoms with Crippen LogP contribution in [0.2, 0.25) is 0 Å². The monoisotopic (exact) mass is 982 g/mol. The molecular formula is C71H66S2. The van der Waals surface area contributed by atoms with E-state index in [2.05, 4.69) is 235 Å². The molecule has 0 amide bonds. The zero-order chi connectivity index (χ0) is 51.5. The molecule has 2 aromatic heterocycles. The van der Waals surface area contributed by atoms with Gasteiger partial charge in [-0.1, -0.05) is 172 Å². The van der Waals surface area contributed by atoms with Crippen LogP contribution in [0.3, 0.4) is 0 Å². The van der Waals surface area contributed by atoms with Crippen molar-refractivity contribution in [2.45, 2.75) is 97.8 Å². The average Bonchev–Trinajstić information content (AvgIpc) is 4.22. The summed E-state index contributed by atoms with van der Waals surface area (Å²) in [6.45, 7) is 36.8. The number of allylic oxidation sites excluding steroid dienone is 9. The predicted octanol–water partition coefficient (Wildman–Crippen LogP) is 21.0. The summed E-state index contributed by atoms with van der Waals surface area (Å²) in [5, 5.41) is 0. The molecule has 4 aliphatic rings. The molecule has 0 saturated heterocycles. The van der Waals surface area contributed by atoms with Gasteiger partial charge in [-0.15, -0.1) is 29.3 Å². The zero-order valence-corrected chi connectivity index (χ0v) is 46.2. The average molecular weight is 983 g/mol. The van der Waals surface area contributed by atoms with Crippen molar-refractivity contribution in [1.29, 1.82) is 0 Å². The van der Waals surface area contributed by atoms with Crippen LogP contribution in [0, 0.1) is 0 Å². The molecule has 0 atom stereocenters. The van der Waals surface area contributed by atoms with Crippen LogP contribution in [-0.4, -0.2) is 0 Å². The minimum atomic E-state index is -0.125. The van der Waals surface area contributed by atoms with E-state index in [1.807, 2.05) is 41.7 Å². The van der Waals surface area contributed by atoms with E-state index in [0.717, 1.165) is 5.57 Å². The molecule has 0 bridgehead atoms. The standard InChI is InChI=1S/C68H60S2.C3H6/c1-13-17-18-40(16-4)42-20-24-46-50-36-52-48-26-22-44(34-56(48)68(11,12)60(52)38-58(50)66(7,8)54(46)32-42)62-28-30-64(70-62)63-29-27-61(69-63)43-21-25-47-51-35-49-45-23-19-41(39(14-2)15-3)31-53(45)65(5,6)57(49)37-59(51)67(9,10)55(47)33-43;1-3-2/h13-38H,2,4H2,1,3,5-12H3;3H,1H2,2H3/b17-13-,39-15+,40-18+;. The summed E-state index contributed by atoms with van der Waals surface area (Å²) in [4.78, 5) is 5.25. The molecule has 362 valence electrons. The molecule has 8 aromatic rings. The number of hydrogen-bond acceptors (Lipinski definition) is 2. The minimum absolute atomic E-state index is 0.0949. The summed E-state index contributed by atoms with van der Waals surface area (Å²) < 4.78 is 0. The largest absolute Gasteiger partial charge is 0.134 e. The topological polar surface area (TPSA) is 0 Å². The maximum absolute atomic E-state index is 4.12. The SMILES string of the molecule is C=C/C(=C\C)c1ccc2c(c1)C(C)(C)c1cc3c(cc1-2)-c1ccc(-c2ccc(-c4ccc(-c5ccc6c(c5)C(C)(C)c5cc7c(cc5-6)-c5ccc(/C(C=C)=C/C=C\C)cc5C7(C)C)s4)s2)cc1C3(C)C.C=CC. The lowest BCUT2D eigenvalue weighted by Crippen LogP contribution is -2.19. The summed E-state index contributed by atoms with van der Waals surface area (Å²) in [6, 6.07) is 47.8. The van der Waals surface area contributed by atoms with E-state index < -0.39 is 0 Å². The second-order valence-electron chi connectivity index (χ2n) is 22.5. The van der Waals surface area contributed by atoms with Crippen LogP contribution in [0.5, 0.6) is 0 Å². The van der Waals surface area contributed by atoms with Crippen LogP contribution >= 0.6 is 22.7 Å². The van der Waals surface area contributed by atoms with Crippen LogP contribution in [0.1, 0.15) is 132 Å². The molecule has 73 heavy (non-hydrogen) atoms. The van der Waals surface area contributed by atoms with Gasteiger partial charge in [0.1, 0.15) is 0 Å². The molecule has 2 heterocycles. The molecule has 4 aliphatic carbocycles. The summed E-state index contributed by atoms with van der Waals surface area (Å²) in [7, 11) is 0. The van der Waals surface area contributed by atoms with Gasteiger partial charge in [0.2, 0.25) is 0 Å². The predicted molar refractivity (Wildman–Crippen MR) is 321 cm³/mol. The maximum atomic E-state index is 4.12. The van der Waals surface area contributed by atoms with Crippen LogP contribution in [-0.2, 0) is 21.7 Å². The van der Waals surface area contributed by atoms with E-state index in [-0.39, 0.29) is 21.7 Å². The van der Waals surface area contributed by atoms with Gasteiger partial charge in [-0.05, 0) is 204 Å². The smallest absolute Gasteiger partial charge is 0.0449 e. The second kappa shape index (κ2) is 17.4. The Morgan fingerprint density at radius 2 is 0.699 bits per heavy atom. The number of hydrogen-bond donors (Lipinski definition) is 0. The number of fused-ring (bicyclic) bond motifs is 12. The summed E-state index contributed by atoms with van der Waals surface area (Å²) >= 11 is 3.81. The molecule has 0 nitrogen and oxygen atoms in total. The summed E-state index contributed by atoms with van der Waals surface area (Å²) in [5.74, 6) is 0. The van der Waals surface area contributed by atoms with Gasteiger partial charge in [-0.2, -0.15) is 0 Å². The molecule has 6 aromatic carbocycles. The molecule has 0 aliphatic heterocycles. The lowest BCUT2D eigenvalue weighted by molar-refractivity contribution is 0.639. The van der Waals surface area contributed by atoms with Crippen molar-refractivity contribution >= 4 is 33.8 Å². The van der Waals surface area contributed by atoms with E-state index in [4.69, 9.17) is 0 Å². The molecule has 0 radical (unpaired) electrons. The highest BCUT2D eigenvalue weighted by molar-refractivity contribution is 7.25. The lowest BCUT2D eigenvalue weighted by atomic mass is 9.77. The second-order valence-corrected chi connectivity index (χ2v) is 24.6.